The second-order valence-electron chi connectivity index (χ2n) is 7.93. The zero-order valence-corrected chi connectivity index (χ0v) is 15.4. The Bertz CT molecular complexity index is 681. The van der Waals surface area contributed by atoms with E-state index < -0.39 is 11.7 Å². The van der Waals surface area contributed by atoms with E-state index in [0.717, 1.165) is 57.9 Å². The van der Waals surface area contributed by atoms with Crippen LogP contribution in [0.4, 0.5) is 18.9 Å². The van der Waals surface area contributed by atoms with Crippen LogP contribution in [0, 0.1) is 5.92 Å². The highest BCUT2D eigenvalue weighted by molar-refractivity contribution is 5.81. The van der Waals surface area contributed by atoms with Crippen LogP contribution in [0.2, 0.25) is 0 Å². The molecule has 3 aliphatic rings. The molecule has 0 radical (unpaired) electrons. The molecule has 1 amide bonds. The van der Waals surface area contributed by atoms with Crippen LogP contribution in [0.5, 0.6) is 0 Å². The second kappa shape index (κ2) is 7.34. The van der Waals surface area contributed by atoms with Crippen LogP contribution in [-0.4, -0.2) is 61.0 Å². The summed E-state index contributed by atoms with van der Waals surface area (Å²) < 4.78 is 38.8. The second-order valence-corrected chi connectivity index (χ2v) is 7.93. The minimum Gasteiger partial charge on any atom is -0.369 e. The molecule has 0 N–H and O–H groups in total. The Labute approximate surface area is 157 Å². The summed E-state index contributed by atoms with van der Waals surface area (Å²) in [5.41, 5.74) is 0.0441. The highest BCUT2D eigenvalue weighted by Crippen LogP contribution is 2.33. The van der Waals surface area contributed by atoms with Gasteiger partial charge in [0.1, 0.15) is 0 Å². The van der Waals surface area contributed by atoms with Crippen LogP contribution >= 0.6 is 0 Å². The van der Waals surface area contributed by atoms with Gasteiger partial charge in [-0.05, 0) is 43.9 Å². The van der Waals surface area contributed by atoms with Crippen molar-refractivity contribution in [1.82, 2.24) is 9.80 Å². The van der Waals surface area contributed by atoms with E-state index in [9.17, 15) is 18.0 Å². The summed E-state index contributed by atoms with van der Waals surface area (Å²) in [4.78, 5) is 18.8. The number of rotatable bonds is 3. The van der Waals surface area contributed by atoms with Crippen molar-refractivity contribution in [1.29, 1.82) is 0 Å². The van der Waals surface area contributed by atoms with Gasteiger partial charge in [-0.2, -0.15) is 13.2 Å². The highest BCUT2D eigenvalue weighted by atomic mass is 19.4. The topological polar surface area (TPSA) is 26.8 Å². The number of piperidine rings is 1. The Morgan fingerprint density at radius 2 is 1.74 bits per heavy atom. The summed E-state index contributed by atoms with van der Waals surface area (Å²) in [6.07, 6.45) is -0.0994. The number of alkyl halides is 3. The number of amides is 1. The molecule has 2 saturated heterocycles. The highest BCUT2D eigenvalue weighted by Gasteiger charge is 2.37. The maximum Gasteiger partial charge on any atom is 0.416 e. The van der Waals surface area contributed by atoms with Gasteiger partial charge in [0.15, 0.2) is 0 Å². The van der Waals surface area contributed by atoms with E-state index in [-0.39, 0.29) is 5.92 Å². The Kier molecular flexibility index (Phi) is 5.05. The fourth-order valence-corrected chi connectivity index (χ4v) is 4.27. The first-order chi connectivity index (χ1) is 12.9. The predicted molar refractivity (Wildman–Crippen MR) is 97.6 cm³/mol. The third-order valence-electron chi connectivity index (χ3n) is 6.00. The fraction of sp³-hybridized carbons (Fsp3) is 0.650. The number of carbonyl (C=O) groups excluding carboxylic acids is 1. The fourth-order valence-electron chi connectivity index (χ4n) is 4.27. The van der Waals surface area contributed by atoms with Crippen molar-refractivity contribution >= 4 is 11.6 Å². The minimum absolute atomic E-state index is 0.265. The van der Waals surface area contributed by atoms with E-state index in [2.05, 4.69) is 4.90 Å². The monoisotopic (exact) mass is 381 g/mol. The number of hydrogen-bond donors (Lipinski definition) is 0. The largest absolute Gasteiger partial charge is 0.416 e. The van der Waals surface area contributed by atoms with Crippen molar-refractivity contribution in [2.75, 3.05) is 44.2 Å². The molecule has 3 fully saturated rings. The van der Waals surface area contributed by atoms with Crippen molar-refractivity contribution in [3.63, 3.8) is 0 Å². The number of carbonyl (C=O) groups is 1. The normalized spacial score (nSPS) is 24.9. The first kappa shape index (κ1) is 18.6. The van der Waals surface area contributed by atoms with E-state index in [1.165, 1.54) is 12.1 Å². The molecule has 4 rings (SSSR count). The average molecular weight is 381 g/mol. The maximum atomic E-state index is 12.9. The molecule has 0 bridgehead atoms. The molecular weight excluding hydrogens is 355 g/mol. The van der Waals surface area contributed by atoms with E-state index in [1.54, 1.807) is 6.07 Å². The zero-order chi connectivity index (χ0) is 19.0. The molecule has 0 spiro atoms. The molecule has 1 saturated carbocycles. The van der Waals surface area contributed by atoms with Crippen molar-refractivity contribution in [3.8, 4) is 0 Å². The number of likely N-dealkylation sites (tertiary alicyclic amines) is 1. The summed E-state index contributed by atoms with van der Waals surface area (Å²) in [7, 11) is 0. The molecule has 27 heavy (non-hydrogen) atoms. The summed E-state index contributed by atoms with van der Waals surface area (Å²) in [5.74, 6) is 0.587. The SMILES string of the molecule is O=C(C1CC1)N1CCCC(N2CCN(c3cccc(C(F)(F)F)c3)CC2)C1. The quantitative estimate of drug-likeness (QED) is 0.804. The number of benzene rings is 1. The van der Waals surface area contributed by atoms with Crippen LogP contribution < -0.4 is 4.90 Å². The van der Waals surface area contributed by atoms with Gasteiger partial charge in [0.2, 0.25) is 5.91 Å². The summed E-state index contributed by atoms with van der Waals surface area (Å²) >= 11 is 0. The van der Waals surface area contributed by atoms with Gasteiger partial charge < -0.3 is 9.80 Å². The molecule has 1 atom stereocenters. The van der Waals surface area contributed by atoms with Crippen molar-refractivity contribution in [2.45, 2.75) is 37.9 Å². The lowest BCUT2D eigenvalue weighted by Gasteiger charge is -2.44. The van der Waals surface area contributed by atoms with Gasteiger partial charge in [-0.3, -0.25) is 9.69 Å². The van der Waals surface area contributed by atoms with E-state index in [4.69, 9.17) is 0 Å². The molecule has 2 heterocycles. The standard InChI is InChI=1S/C20H26F3N3O/c21-20(22,23)16-3-1-4-17(13-16)24-9-11-25(12-10-24)18-5-2-8-26(14-18)19(27)15-6-7-15/h1,3-4,13,15,18H,2,5-12,14H2. The molecule has 1 unspecified atom stereocenters. The summed E-state index contributed by atoms with van der Waals surface area (Å²) in [6, 6.07) is 5.97. The molecule has 4 nitrogen and oxygen atoms in total. The van der Waals surface area contributed by atoms with Crippen LogP contribution in [0.3, 0.4) is 0 Å². The van der Waals surface area contributed by atoms with Gasteiger partial charge >= 0.3 is 6.18 Å². The first-order valence-corrected chi connectivity index (χ1v) is 9.87. The summed E-state index contributed by atoms with van der Waals surface area (Å²) in [6.45, 7) is 4.76. The number of piperazine rings is 1. The number of nitrogens with zero attached hydrogens (tertiary/aromatic N) is 3. The van der Waals surface area contributed by atoms with Crippen LogP contribution in [0.25, 0.3) is 0 Å². The Morgan fingerprint density at radius 3 is 2.41 bits per heavy atom. The first-order valence-electron chi connectivity index (χ1n) is 9.87. The molecule has 148 valence electrons. The summed E-state index contributed by atoms with van der Waals surface area (Å²) in [5, 5.41) is 0. The van der Waals surface area contributed by atoms with Gasteiger partial charge in [-0.1, -0.05) is 6.07 Å². The van der Waals surface area contributed by atoms with Crippen LogP contribution in [-0.2, 0) is 11.0 Å². The van der Waals surface area contributed by atoms with E-state index >= 15 is 0 Å². The predicted octanol–water partition coefficient (Wildman–Crippen LogP) is 3.23. The van der Waals surface area contributed by atoms with Gasteiger partial charge in [0, 0.05) is 56.9 Å². The van der Waals surface area contributed by atoms with Crippen molar-refractivity contribution < 1.29 is 18.0 Å². The van der Waals surface area contributed by atoms with E-state index in [0.29, 0.717) is 30.7 Å². The zero-order valence-electron chi connectivity index (χ0n) is 15.4. The molecule has 1 aromatic carbocycles. The molecule has 1 aromatic rings. The maximum absolute atomic E-state index is 12.9. The minimum atomic E-state index is -4.31. The van der Waals surface area contributed by atoms with E-state index in [1.807, 2.05) is 9.80 Å². The van der Waals surface area contributed by atoms with Gasteiger partial charge in [-0.25, -0.2) is 0 Å². The van der Waals surface area contributed by atoms with Gasteiger partial charge in [0.05, 0.1) is 5.56 Å². The Balaban J connectivity index is 1.34. The Morgan fingerprint density at radius 1 is 1.00 bits per heavy atom. The lowest BCUT2D eigenvalue weighted by atomic mass is 10.0. The lowest BCUT2D eigenvalue weighted by Crippen LogP contribution is -2.56. The number of hydrogen-bond acceptors (Lipinski definition) is 3. The third kappa shape index (κ3) is 4.23. The molecule has 1 aliphatic carbocycles. The average Bonchev–Trinajstić information content (AvgIpc) is 3.52. The van der Waals surface area contributed by atoms with Crippen molar-refractivity contribution in [3.05, 3.63) is 29.8 Å². The van der Waals surface area contributed by atoms with Gasteiger partial charge in [0.25, 0.3) is 0 Å². The van der Waals surface area contributed by atoms with Gasteiger partial charge in [-0.15, -0.1) is 0 Å². The number of anilines is 1. The molecule has 0 aromatic heterocycles. The number of halogens is 3. The van der Waals surface area contributed by atoms with Crippen LogP contribution in [0.15, 0.2) is 24.3 Å². The third-order valence-corrected chi connectivity index (χ3v) is 6.00. The smallest absolute Gasteiger partial charge is 0.369 e. The molecular formula is C20H26F3N3O. The van der Waals surface area contributed by atoms with Crippen molar-refractivity contribution in [2.24, 2.45) is 5.92 Å². The van der Waals surface area contributed by atoms with Crippen LogP contribution in [0.1, 0.15) is 31.2 Å². The Hall–Kier alpha value is -1.76. The molecule has 7 heteroatoms. The lowest BCUT2D eigenvalue weighted by molar-refractivity contribution is -0.137. The molecule has 2 aliphatic heterocycles.